The fraction of sp³-hybridized carbons (Fsp3) is 0.688. The summed E-state index contributed by atoms with van der Waals surface area (Å²) in [4.78, 5) is 36.5. The van der Waals surface area contributed by atoms with E-state index < -0.39 is 61.7 Å². The molecule has 0 radical (unpaired) electrons. The molecule has 0 aromatic carbocycles. The fourth-order valence-electron chi connectivity index (χ4n) is 2.79. The lowest BCUT2D eigenvalue weighted by molar-refractivity contribution is -0.267. The van der Waals surface area contributed by atoms with Gasteiger partial charge in [0.15, 0.2) is 24.4 Å². The number of aliphatic hydroxyl groups excluding tert-OH is 4. The predicted molar refractivity (Wildman–Crippen MR) is 87.7 cm³/mol. The molecular formula is C16H23NO11. The molecule has 0 aliphatic carbocycles. The maximum absolute atomic E-state index is 12.5. The molecule has 5 atom stereocenters. The summed E-state index contributed by atoms with van der Waals surface area (Å²) >= 11 is 0. The molecule has 28 heavy (non-hydrogen) atoms. The van der Waals surface area contributed by atoms with E-state index in [2.05, 4.69) is 4.42 Å². The highest BCUT2D eigenvalue weighted by Crippen LogP contribution is 2.26. The van der Waals surface area contributed by atoms with Gasteiger partial charge in [-0.15, -0.1) is 0 Å². The van der Waals surface area contributed by atoms with Gasteiger partial charge >= 0.3 is 11.9 Å². The summed E-state index contributed by atoms with van der Waals surface area (Å²) in [5.41, 5.74) is 0. The van der Waals surface area contributed by atoms with E-state index in [9.17, 15) is 29.7 Å². The van der Waals surface area contributed by atoms with Crippen molar-refractivity contribution >= 4 is 12.0 Å². The van der Waals surface area contributed by atoms with Gasteiger partial charge in [-0.1, -0.05) is 6.92 Å². The van der Waals surface area contributed by atoms with Crippen molar-refractivity contribution in [1.82, 2.24) is 4.90 Å². The first-order valence-electron chi connectivity index (χ1n) is 8.60. The SMILES string of the molecule is CCCC(=O)N(C(=O)OCc1oc(=O)oc1C)[C@H]1C(O)O[C@H](CO)[C@@H](O)[C@@H]1O. The Balaban J connectivity index is 2.23. The topological polar surface area (TPSA) is 180 Å². The average Bonchev–Trinajstić information content (AvgIpc) is 2.97. The van der Waals surface area contributed by atoms with E-state index in [0.29, 0.717) is 11.3 Å². The fourth-order valence-corrected chi connectivity index (χ4v) is 2.79. The van der Waals surface area contributed by atoms with Gasteiger partial charge in [-0.05, 0) is 13.3 Å². The van der Waals surface area contributed by atoms with Gasteiger partial charge < -0.3 is 38.7 Å². The summed E-state index contributed by atoms with van der Waals surface area (Å²) in [5, 5.41) is 39.6. The second kappa shape index (κ2) is 9.30. The molecular weight excluding hydrogens is 382 g/mol. The molecule has 2 rings (SSSR count). The van der Waals surface area contributed by atoms with E-state index in [0.717, 1.165) is 0 Å². The number of amides is 2. The number of ether oxygens (including phenoxy) is 2. The van der Waals surface area contributed by atoms with Crippen molar-refractivity contribution in [2.45, 2.75) is 63.9 Å². The Bertz CT molecular complexity index is 741. The molecule has 1 fully saturated rings. The zero-order valence-electron chi connectivity index (χ0n) is 15.3. The van der Waals surface area contributed by atoms with Crippen molar-refractivity contribution in [2.24, 2.45) is 0 Å². The summed E-state index contributed by atoms with van der Waals surface area (Å²) in [5.74, 6) is -1.79. The number of nitrogens with zero attached hydrogens (tertiary/aromatic N) is 1. The zero-order chi connectivity index (χ0) is 21.0. The van der Waals surface area contributed by atoms with Crippen LogP contribution in [0, 0.1) is 6.92 Å². The Morgan fingerprint density at radius 2 is 1.86 bits per heavy atom. The van der Waals surface area contributed by atoms with E-state index >= 15 is 0 Å². The first kappa shape index (κ1) is 22.0. The lowest BCUT2D eigenvalue weighted by atomic mass is 9.95. The van der Waals surface area contributed by atoms with Crippen LogP contribution in [0.15, 0.2) is 13.6 Å². The third kappa shape index (κ3) is 4.59. The lowest BCUT2D eigenvalue weighted by Crippen LogP contribution is -2.66. The third-order valence-corrected chi connectivity index (χ3v) is 4.26. The van der Waals surface area contributed by atoms with Crippen molar-refractivity contribution in [3.8, 4) is 0 Å². The van der Waals surface area contributed by atoms with Crippen molar-refractivity contribution in [3.63, 3.8) is 0 Å². The molecule has 1 unspecified atom stereocenters. The van der Waals surface area contributed by atoms with Crippen molar-refractivity contribution < 1.29 is 48.3 Å². The van der Waals surface area contributed by atoms with Gasteiger partial charge in [-0.25, -0.2) is 14.5 Å². The minimum atomic E-state index is -1.88. The molecule has 158 valence electrons. The molecule has 1 aliphatic heterocycles. The summed E-state index contributed by atoms with van der Waals surface area (Å²) < 4.78 is 19.3. The highest BCUT2D eigenvalue weighted by molar-refractivity contribution is 5.92. The largest absolute Gasteiger partial charge is 0.519 e. The van der Waals surface area contributed by atoms with Gasteiger partial charge in [0.1, 0.15) is 24.4 Å². The number of aryl methyl sites for hydroxylation is 1. The minimum Gasteiger partial charge on any atom is -0.441 e. The zero-order valence-corrected chi connectivity index (χ0v) is 15.3. The van der Waals surface area contributed by atoms with Gasteiger partial charge in [0, 0.05) is 6.42 Å². The number of imide groups is 1. The lowest BCUT2D eigenvalue weighted by Gasteiger charge is -2.43. The second-order valence-corrected chi connectivity index (χ2v) is 6.22. The normalized spacial score (nSPS) is 27.4. The maximum Gasteiger partial charge on any atom is 0.519 e. The Morgan fingerprint density at radius 1 is 1.18 bits per heavy atom. The van der Waals surface area contributed by atoms with Crippen LogP contribution >= 0.6 is 0 Å². The highest BCUT2D eigenvalue weighted by Gasteiger charge is 2.50. The van der Waals surface area contributed by atoms with Crippen LogP contribution in [0.4, 0.5) is 4.79 Å². The standard InChI is InChI=1S/C16H23NO11/c1-3-4-10(19)17(11-13(21)12(20)8(5-18)27-14(11)22)15(23)25-6-9-7(2)26-16(24)28-9/h8,11-14,18,20-22H,3-6H2,1-2H3/t8-,11-,12-,13-,14?/m1/s1. The quantitative estimate of drug-likeness (QED) is 0.437. The molecule has 0 bridgehead atoms. The summed E-state index contributed by atoms with van der Waals surface area (Å²) in [7, 11) is 0. The van der Waals surface area contributed by atoms with Gasteiger partial charge in [-0.2, -0.15) is 0 Å². The molecule has 12 nitrogen and oxygen atoms in total. The Labute approximate surface area is 158 Å². The maximum atomic E-state index is 12.5. The van der Waals surface area contributed by atoms with E-state index in [4.69, 9.17) is 19.0 Å². The molecule has 0 saturated carbocycles. The average molecular weight is 405 g/mol. The number of aliphatic hydroxyl groups is 4. The molecule has 1 aromatic rings. The first-order valence-corrected chi connectivity index (χ1v) is 8.60. The van der Waals surface area contributed by atoms with Crippen molar-refractivity contribution in [2.75, 3.05) is 6.61 Å². The molecule has 1 aliphatic rings. The van der Waals surface area contributed by atoms with Crippen LogP contribution in [0.3, 0.4) is 0 Å². The monoisotopic (exact) mass is 405 g/mol. The summed E-state index contributed by atoms with van der Waals surface area (Å²) in [6, 6.07) is -1.68. The molecule has 4 N–H and O–H groups in total. The number of rotatable bonds is 6. The molecule has 0 spiro atoms. The second-order valence-electron chi connectivity index (χ2n) is 6.22. The Kier molecular flexibility index (Phi) is 7.32. The van der Waals surface area contributed by atoms with Gasteiger partial charge in [0.25, 0.3) is 0 Å². The minimum absolute atomic E-state index is 0.0755. The van der Waals surface area contributed by atoms with Crippen molar-refractivity contribution in [3.05, 3.63) is 22.1 Å². The van der Waals surface area contributed by atoms with E-state index in [1.165, 1.54) is 6.92 Å². The predicted octanol–water partition coefficient (Wildman–Crippen LogP) is -1.39. The highest BCUT2D eigenvalue weighted by atomic mass is 16.6. The third-order valence-electron chi connectivity index (χ3n) is 4.26. The van der Waals surface area contributed by atoms with Crippen LogP contribution in [-0.2, 0) is 20.9 Å². The van der Waals surface area contributed by atoms with Crippen LogP contribution < -0.4 is 5.82 Å². The molecule has 1 saturated heterocycles. The Morgan fingerprint density at radius 3 is 2.39 bits per heavy atom. The first-order chi connectivity index (χ1) is 13.2. The van der Waals surface area contributed by atoms with E-state index in [1.54, 1.807) is 6.92 Å². The van der Waals surface area contributed by atoms with Crippen molar-refractivity contribution in [1.29, 1.82) is 0 Å². The number of carbonyl (C=O) groups excluding carboxylic acids is 2. The number of hydrogen-bond acceptors (Lipinski definition) is 11. The van der Waals surface area contributed by atoms with Crippen LogP contribution in [0.25, 0.3) is 0 Å². The van der Waals surface area contributed by atoms with Gasteiger partial charge in [-0.3, -0.25) is 4.79 Å². The molecule has 2 heterocycles. The molecule has 1 aromatic heterocycles. The molecule has 2 amide bonds. The van der Waals surface area contributed by atoms with E-state index in [-0.39, 0.29) is 17.9 Å². The van der Waals surface area contributed by atoms with Crippen LogP contribution in [-0.4, -0.2) is 74.6 Å². The van der Waals surface area contributed by atoms with Gasteiger partial charge in [0.05, 0.1) is 6.61 Å². The smallest absolute Gasteiger partial charge is 0.441 e. The number of carbonyl (C=O) groups is 2. The number of hydrogen-bond donors (Lipinski definition) is 4. The van der Waals surface area contributed by atoms with Crippen LogP contribution in [0.1, 0.15) is 31.3 Å². The van der Waals surface area contributed by atoms with Crippen LogP contribution in [0.2, 0.25) is 0 Å². The van der Waals surface area contributed by atoms with Gasteiger partial charge in [0.2, 0.25) is 5.91 Å². The van der Waals surface area contributed by atoms with E-state index in [1.807, 2.05) is 0 Å². The summed E-state index contributed by atoms with van der Waals surface area (Å²) in [6.45, 7) is 1.83. The molecule has 12 heteroatoms. The Hall–Kier alpha value is -2.25. The van der Waals surface area contributed by atoms with Crippen LogP contribution in [0.5, 0.6) is 0 Å². The summed E-state index contributed by atoms with van der Waals surface area (Å²) in [6.07, 6.45) is -7.69.